The number of rotatable bonds is 5. The third-order valence-corrected chi connectivity index (χ3v) is 2.04. The standard InChI is InChI=1S/C14H12O2/c1-3-7-13(8-4-1)11-15-12-16-14-9-5-2-6-10-14/h1-10H,11H2. The van der Waals surface area contributed by atoms with Crippen molar-refractivity contribution in [1.29, 1.82) is 0 Å². The highest BCUT2D eigenvalue weighted by Crippen LogP contribution is 2.10. The van der Waals surface area contributed by atoms with Gasteiger partial charge in [0.15, 0.2) is 0 Å². The Hall–Kier alpha value is -1.80. The molecule has 2 aromatic rings. The number of benzene rings is 2. The molecular weight excluding hydrogens is 200 g/mol. The highest BCUT2D eigenvalue weighted by Gasteiger charge is 1.96. The molecular formula is C14H12O2. The van der Waals surface area contributed by atoms with E-state index in [9.17, 15) is 0 Å². The van der Waals surface area contributed by atoms with Crippen molar-refractivity contribution in [2.45, 2.75) is 6.61 Å². The predicted octanol–water partition coefficient (Wildman–Crippen LogP) is 3.28. The molecule has 0 aliphatic carbocycles. The van der Waals surface area contributed by atoms with E-state index in [1.54, 1.807) is 0 Å². The minimum Gasteiger partial charge on any atom is -0.450 e. The lowest BCUT2D eigenvalue weighted by Crippen LogP contribution is -1.96. The summed E-state index contributed by atoms with van der Waals surface area (Å²) in [6, 6.07) is 19.3. The van der Waals surface area contributed by atoms with Crippen LogP contribution in [0, 0.1) is 6.79 Å². The Bertz CT molecular complexity index is 356. The predicted molar refractivity (Wildman–Crippen MR) is 61.5 cm³/mol. The van der Waals surface area contributed by atoms with E-state index < -0.39 is 0 Å². The quantitative estimate of drug-likeness (QED) is 0.708. The van der Waals surface area contributed by atoms with Gasteiger partial charge in [-0.05, 0) is 17.7 Å². The molecule has 0 saturated heterocycles. The second-order valence-electron chi connectivity index (χ2n) is 3.27. The van der Waals surface area contributed by atoms with Crippen molar-refractivity contribution in [2.75, 3.05) is 0 Å². The van der Waals surface area contributed by atoms with Gasteiger partial charge < -0.3 is 9.47 Å². The largest absolute Gasteiger partial charge is 0.450 e. The molecule has 0 aromatic heterocycles. The maximum Gasteiger partial charge on any atom is 0.359 e. The van der Waals surface area contributed by atoms with Gasteiger partial charge in [0.2, 0.25) is 0 Å². The summed E-state index contributed by atoms with van der Waals surface area (Å²) in [5, 5.41) is 0. The second kappa shape index (κ2) is 5.93. The molecule has 0 bridgehead atoms. The first-order valence-electron chi connectivity index (χ1n) is 5.08. The van der Waals surface area contributed by atoms with Gasteiger partial charge in [-0.25, -0.2) is 0 Å². The molecule has 0 spiro atoms. The molecule has 2 rings (SSSR count). The van der Waals surface area contributed by atoms with Gasteiger partial charge in [-0.3, -0.25) is 0 Å². The summed E-state index contributed by atoms with van der Waals surface area (Å²) in [6.45, 7) is 2.92. The molecule has 0 amide bonds. The van der Waals surface area contributed by atoms with Crippen LogP contribution in [-0.4, -0.2) is 0 Å². The van der Waals surface area contributed by atoms with Crippen LogP contribution in [-0.2, 0) is 11.3 Å². The minimum atomic E-state index is 0.466. The average molecular weight is 212 g/mol. The van der Waals surface area contributed by atoms with Crippen molar-refractivity contribution in [3.8, 4) is 5.75 Å². The van der Waals surface area contributed by atoms with Crippen molar-refractivity contribution in [3.05, 3.63) is 73.0 Å². The van der Waals surface area contributed by atoms with Gasteiger partial charge in [-0.2, -0.15) is 0 Å². The number of hydrogen-bond acceptors (Lipinski definition) is 2. The topological polar surface area (TPSA) is 18.5 Å². The fourth-order valence-electron chi connectivity index (χ4n) is 1.25. The summed E-state index contributed by atoms with van der Waals surface area (Å²) in [7, 11) is 0. The van der Waals surface area contributed by atoms with Crippen molar-refractivity contribution in [2.24, 2.45) is 0 Å². The molecule has 0 atom stereocenters. The van der Waals surface area contributed by atoms with E-state index in [-0.39, 0.29) is 0 Å². The number of para-hydroxylation sites is 1. The van der Waals surface area contributed by atoms with Crippen LogP contribution in [0.3, 0.4) is 0 Å². The Morgan fingerprint density at radius 1 is 0.812 bits per heavy atom. The maximum atomic E-state index is 5.16. The highest BCUT2D eigenvalue weighted by atomic mass is 16.7. The number of ether oxygens (including phenoxy) is 2. The van der Waals surface area contributed by atoms with E-state index in [1.807, 2.05) is 60.7 Å². The molecule has 2 aromatic carbocycles. The molecule has 16 heavy (non-hydrogen) atoms. The van der Waals surface area contributed by atoms with E-state index in [1.165, 1.54) is 0 Å². The molecule has 2 radical (unpaired) electrons. The van der Waals surface area contributed by atoms with Crippen LogP contribution in [0.2, 0.25) is 0 Å². The van der Waals surface area contributed by atoms with Crippen LogP contribution in [0.1, 0.15) is 5.56 Å². The Labute approximate surface area is 95.4 Å². The Morgan fingerprint density at radius 3 is 2.12 bits per heavy atom. The SMILES string of the molecule is [C](OCc1ccccc1)Oc1ccccc1. The minimum absolute atomic E-state index is 0.466. The lowest BCUT2D eigenvalue weighted by Gasteiger charge is -2.03. The zero-order chi connectivity index (χ0) is 11.1. The van der Waals surface area contributed by atoms with Crippen molar-refractivity contribution in [3.63, 3.8) is 0 Å². The molecule has 2 nitrogen and oxygen atoms in total. The van der Waals surface area contributed by atoms with Crippen LogP contribution in [0.5, 0.6) is 5.75 Å². The zero-order valence-electron chi connectivity index (χ0n) is 8.80. The van der Waals surface area contributed by atoms with Gasteiger partial charge >= 0.3 is 6.79 Å². The molecule has 2 heteroatoms. The summed E-state index contributed by atoms with van der Waals surface area (Å²) < 4.78 is 10.3. The number of hydrogen-bond donors (Lipinski definition) is 0. The van der Waals surface area contributed by atoms with Gasteiger partial charge in [0, 0.05) is 0 Å². The van der Waals surface area contributed by atoms with E-state index in [4.69, 9.17) is 9.47 Å². The molecule has 0 N–H and O–H groups in total. The van der Waals surface area contributed by atoms with E-state index in [0.29, 0.717) is 6.61 Å². The van der Waals surface area contributed by atoms with Gasteiger partial charge in [0.25, 0.3) is 0 Å². The van der Waals surface area contributed by atoms with Crippen LogP contribution >= 0.6 is 0 Å². The Kier molecular flexibility index (Phi) is 3.97. The Balaban J connectivity index is 1.70. The lowest BCUT2D eigenvalue weighted by atomic mass is 10.2. The van der Waals surface area contributed by atoms with E-state index in [0.717, 1.165) is 11.3 Å². The fourth-order valence-corrected chi connectivity index (χ4v) is 1.25. The van der Waals surface area contributed by atoms with Crippen molar-refractivity contribution >= 4 is 0 Å². The third-order valence-electron chi connectivity index (χ3n) is 2.04. The first-order valence-corrected chi connectivity index (χ1v) is 5.08. The third kappa shape index (κ3) is 3.41. The van der Waals surface area contributed by atoms with Crippen molar-refractivity contribution in [1.82, 2.24) is 0 Å². The Morgan fingerprint density at radius 2 is 1.44 bits per heavy atom. The van der Waals surface area contributed by atoms with Crippen LogP contribution in [0.4, 0.5) is 0 Å². The molecule has 0 aliphatic heterocycles. The smallest absolute Gasteiger partial charge is 0.359 e. The van der Waals surface area contributed by atoms with Crippen molar-refractivity contribution < 1.29 is 9.47 Å². The van der Waals surface area contributed by atoms with Crippen LogP contribution < -0.4 is 4.74 Å². The summed E-state index contributed by atoms with van der Waals surface area (Å²) in [5.74, 6) is 0.718. The highest BCUT2D eigenvalue weighted by molar-refractivity contribution is 5.21. The average Bonchev–Trinajstić information content (AvgIpc) is 2.37. The van der Waals surface area contributed by atoms with Gasteiger partial charge in [0.1, 0.15) is 5.75 Å². The first kappa shape index (κ1) is 10.7. The molecule has 0 aliphatic rings. The molecule has 0 heterocycles. The molecule has 0 unspecified atom stereocenters. The fraction of sp³-hybridized carbons (Fsp3) is 0.0714. The van der Waals surface area contributed by atoms with Gasteiger partial charge in [-0.15, -0.1) is 0 Å². The van der Waals surface area contributed by atoms with E-state index in [2.05, 4.69) is 6.79 Å². The summed E-state index contributed by atoms with van der Waals surface area (Å²) in [4.78, 5) is 0. The summed E-state index contributed by atoms with van der Waals surface area (Å²) in [6.07, 6.45) is 0. The maximum absolute atomic E-state index is 5.16. The molecule has 80 valence electrons. The normalized spacial score (nSPS) is 10.0. The summed E-state index contributed by atoms with van der Waals surface area (Å²) >= 11 is 0. The molecule has 0 fully saturated rings. The van der Waals surface area contributed by atoms with Crippen LogP contribution in [0.25, 0.3) is 0 Å². The van der Waals surface area contributed by atoms with Gasteiger partial charge in [0.05, 0.1) is 6.61 Å². The summed E-state index contributed by atoms with van der Waals surface area (Å²) in [5.41, 5.74) is 1.09. The second-order valence-corrected chi connectivity index (χ2v) is 3.27. The van der Waals surface area contributed by atoms with Crippen LogP contribution in [0.15, 0.2) is 60.7 Å². The van der Waals surface area contributed by atoms with Gasteiger partial charge in [-0.1, -0.05) is 48.5 Å². The molecule has 0 saturated carbocycles. The monoisotopic (exact) mass is 212 g/mol. The lowest BCUT2D eigenvalue weighted by molar-refractivity contribution is 0.0812. The van der Waals surface area contributed by atoms with E-state index >= 15 is 0 Å². The first-order chi connectivity index (χ1) is 7.95. The zero-order valence-corrected chi connectivity index (χ0v) is 8.80.